The number of hydrogen-bond acceptors (Lipinski definition) is 2. The lowest BCUT2D eigenvalue weighted by Gasteiger charge is -2.23. The average molecular weight is 210 g/mol. The van der Waals surface area contributed by atoms with Crippen LogP contribution < -0.4 is 0 Å². The van der Waals surface area contributed by atoms with Crippen molar-refractivity contribution < 1.29 is 9.53 Å². The molecular formula is C13H22O2. The lowest BCUT2D eigenvalue weighted by atomic mass is 9.85. The number of hydrogen-bond donors (Lipinski definition) is 0. The maximum Gasteiger partial charge on any atom is 0.136 e. The molecule has 15 heavy (non-hydrogen) atoms. The van der Waals surface area contributed by atoms with Gasteiger partial charge in [-0.3, -0.25) is 4.79 Å². The van der Waals surface area contributed by atoms with Crippen LogP contribution in [0.1, 0.15) is 45.4 Å². The minimum atomic E-state index is 0.382. The fourth-order valence-electron chi connectivity index (χ4n) is 3.01. The van der Waals surface area contributed by atoms with Gasteiger partial charge in [-0.1, -0.05) is 13.3 Å². The molecule has 2 fully saturated rings. The number of rotatable bonds is 3. The molecule has 2 aliphatic rings. The molecule has 0 aromatic rings. The highest BCUT2D eigenvalue weighted by molar-refractivity contribution is 5.81. The van der Waals surface area contributed by atoms with Crippen LogP contribution in [0.15, 0.2) is 0 Å². The van der Waals surface area contributed by atoms with Crippen molar-refractivity contribution in [2.45, 2.75) is 45.4 Å². The van der Waals surface area contributed by atoms with E-state index >= 15 is 0 Å². The summed E-state index contributed by atoms with van der Waals surface area (Å²) in [7, 11) is 0. The zero-order chi connectivity index (χ0) is 10.7. The standard InChI is InChI=1S/C13H22O2/c1-10-3-2-4-12(10)13(14)9-11-5-7-15-8-6-11/h10-12H,2-9H2,1H3. The smallest absolute Gasteiger partial charge is 0.136 e. The minimum absolute atomic E-state index is 0.382. The Hall–Kier alpha value is -0.370. The van der Waals surface area contributed by atoms with Crippen molar-refractivity contribution in [3.05, 3.63) is 0 Å². The van der Waals surface area contributed by atoms with Crippen molar-refractivity contribution in [2.24, 2.45) is 17.8 Å². The number of ether oxygens (including phenoxy) is 1. The molecule has 0 N–H and O–H groups in total. The third kappa shape index (κ3) is 2.81. The van der Waals surface area contributed by atoms with Gasteiger partial charge in [-0.15, -0.1) is 0 Å². The Balaban J connectivity index is 1.80. The summed E-state index contributed by atoms with van der Waals surface area (Å²) >= 11 is 0. The second-order valence-electron chi connectivity index (χ2n) is 5.24. The molecule has 2 unspecified atom stereocenters. The van der Waals surface area contributed by atoms with E-state index in [9.17, 15) is 4.79 Å². The van der Waals surface area contributed by atoms with Crippen molar-refractivity contribution in [3.8, 4) is 0 Å². The molecule has 1 heterocycles. The predicted molar refractivity (Wildman–Crippen MR) is 59.7 cm³/mol. The highest BCUT2D eigenvalue weighted by Gasteiger charge is 2.30. The summed E-state index contributed by atoms with van der Waals surface area (Å²) in [5.74, 6) is 2.16. The van der Waals surface area contributed by atoms with E-state index < -0.39 is 0 Å². The molecule has 86 valence electrons. The van der Waals surface area contributed by atoms with Crippen molar-refractivity contribution >= 4 is 5.78 Å². The van der Waals surface area contributed by atoms with Crippen LogP contribution >= 0.6 is 0 Å². The lowest BCUT2D eigenvalue weighted by molar-refractivity contribution is -0.125. The third-order valence-corrected chi connectivity index (χ3v) is 4.11. The average Bonchev–Trinajstić information content (AvgIpc) is 2.66. The van der Waals surface area contributed by atoms with E-state index in [0.29, 0.717) is 23.5 Å². The molecule has 0 aromatic heterocycles. The van der Waals surface area contributed by atoms with Gasteiger partial charge in [-0.2, -0.15) is 0 Å². The molecule has 0 radical (unpaired) electrons. The Labute approximate surface area is 92.4 Å². The van der Waals surface area contributed by atoms with Crippen molar-refractivity contribution in [3.63, 3.8) is 0 Å². The second kappa shape index (κ2) is 5.11. The van der Waals surface area contributed by atoms with Gasteiger partial charge in [-0.05, 0) is 37.5 Å². The maximum absolute atomic E-state index is 12.1. The monoisotopic (exact) mass is 210 g/mol. The van der Waals surface area contributed by atoms with Gasteiger partial charge in [0.2, 0.25) is 0 Å². The van der Waals surface area contributed by atoms with Crippen LogP contribution in [0, 0.1) is 17.8 Å². The second-order valence-corrected chi connectivity index (χ2v) is 5.24. The number of ketones is 1. The van der Waals surface area contributed by atoms with Gasteiger partial charge in [0.25, 0.3) is 0 Å². The Morgan fingerprint density at radius 1 is 1.20 bits per heavy atom. The fourth-order valence-corrected chi connectivity index (χ4v) is 3.01. The first-order chi connectivity index (χ1) is 7.27. The van der Waals surface area contributed by atoms with Crippen LogP contribution in [-0.2, 0) is 9.53 Å². The molecule has 1 aliphatic heterocycles. The molecule has 0 spiro atoms. The van der Waals surface area contributed by atoms with Crippen LogP contribution in [-0.4, -0.2) is 19.0 Å². The first-order valence-electron chi connectivity index (χ1n) is 6.38. The highest BCUT2D eigenvalue weighted by Crippen LogP contribution is 2.34. The van der Waals surface area contributed by atoms with Crippen LogP contribution in [0.2, 0.25) is 0 Å². The van der Waals surface area contributed by atoms with Crippen molar-refractivity contribution in [1.29, 1.82) is 0 Å². The van der Waals surface area contributed by atoms with Crippen LogP contribution in [0.4, 0.5) is 0 Å². The molecule has 1 aliphatic carbocycles. The molecule has 0 aromatic carbocycles. The van der Waals surface area contributed by atoms with Gasteiger partial charge in [0, 0.05) is 25.6 Å². The minimum Gasteiger partial charge on any atom is -0.381 e. The van der Waals surface area contributed by atoms with E-state index in [4.69, 9.17) is 4.74 Å². The maximum atomic E-state index is 12.1. The van der Waals surface area contributed by atoms with E-state index in [0.717, 1.165) is 38.9 Å². The zero-order valence-corrected chi connectivity index (χ0v) is 9.71. The topological polar surface area (TPSA) is 26.3 Å². The van der Waals surface area contributed by atoms with Gasteiger partial charge < -0.3 is 4.74 Å². The van der Waals surface area contributed by atoms with Gasteiger partial charge in [0.1, 0.15) is 5.78 Å². The van der Waals surface area contributed by atoms with E-state index in [1.807, 2.05) is 0 Å². The van der Waals surface area contributed by atoms with Gasteiger partial charge in [0.05, 0.1) is 0 Å². The summed E-state index contributed by atoms with van der Waals surface area (Å²) < 4.78 is 5.32. The van der Waals surface area contributed by atoms with E-state index in [1.165, 1.54) is 12.8 Å². The number of carbonyl (C=O) groups excluding carboxylic acids is 1. The molecule has 1 saturated heterocycles. The SMILES string of the molecule is CC1CCCC1C(=O)CC1CCOCC1. The Morgan fingerprint density at radius 3 is 2.53 bits per heavy atom. The van der Waals surface area contributed by atoms with Crippen molar-refractivity contribution in [2.75, 3.05) is 13.2 Å². The molecule has 2 atom stereocenters. The highest BCUT2D eigenvalue weighted by atomic mass is 16.5. The van der Waals surface area contributed by atoms with E-state index in [-0.39, 0.29) is 0 Å². The van der Waals surface area contributed by atoms with E-state index in [2.05, 4.69) is 6.92 Å². The Morgan fingerprint density at radius 2 is 1.93 bits per heavy atom. The molecule has 2 heteroatoms. The molecular weight excluding hydrogens is 188 g/mol. The first-order valence-corrected chi connectivity index (χ1v) is 6.38. The fraction of sp³-hybridized carbons (Fsp3) is 0.923. The van der Waals surface area contributed by atoms with Crippen LogP contribution in [0.3, 0.4) is 0 Å². The Bertz CT molecular complexity index is 219. The van der Waals surface area contributed by atoms with Crippen molar-refractivity contribution in [1.82, 2.24) is 0 Å². The third-order valence-electron chi connectivity index (χ3n) is 4.11. The predicted octanol–water partition coefficient (Wildman–Crippen LogP) is 2.81. The summed E-state index contributed by atoms with van der Waals surface area (Å²) in [4.78, 5) is 12.1. The van der Waals surface area contributed by atoms with Gasteiger partial charge in [0.15, 0.2) is 0 Å². The normalized spacial score (nSPS) is 33.1. The summed E-state index contributed by atoms with van der Waals surface area (Å²) in [5.41, 5.74) is 0. The largest absolute Gasteiger partial charge is 0.381 e. The van der Waals surface area contributed by atoms with Crippen LogP contribution in [0.25, 0.3) is 0 Å². The lowest BCUT2D eigenvalue weighted by Crippen LogP contribution is -2.23. The summed E-state index contributed by atoms with van der Waals surface area (Å²) in [6.07, 6.45) is 6.65. The number of Topliss-reactive ketones (excluding diaryl/α,β-unsaturated/α-hetero) is 1. The molecule has 2 rings (SSSR count). The van der Waals surface area contributed by atoms with Crippen LogP contribution in [0.5, 0.6) is 0 Å². The van der Waals surface area contributed by atoms with Gasteiger partial charge in [-0.25, -0.2) is 0 Å². The summed E-state index contributed by atoms with van der Waals surface area (Å²) in [5, 5.41) is 0. The molecule has 0 bridgehead atoms. The quantitative estimate of drug-likeness (QED) is 0.716. The zero-order valence-electron chi connectivity index (χ0n) is 9.71. The molecule has 0 amide bonds. The summed E-state index contributed by atoms with van der Waals surface area (Å²) in [6, 6.07) is 0. The van der Waals surface area contributed by atoms with Gasteiger partial charge >= 0.3 is 0 Å². The molecule has 2 nitrogen and oxygen atoms in total. The molecule has 1 saturated carbocycles. The first kappa shape index (κ1) is 11.1. The van der Waals surface area contributed by atoms with E-state index in [1.54, 1.807) is 0 Å². The summed E-state index contributed by atoms with van der Waals surface area (Å²) in [6.45, 7) is 3.95. The Kier molecular flexibility index (Phi) is 3.79. The number of carbonyl (C=O) groups is 1.